The van der Waals surface area contributed by atoms with Crippen molar-refractivity contribution in [2.45, 2.75) is 12.5 Å². The third kappa shape index (κ3) is 3.75. The fourth-order valence-corrected chi connectivity index (χ4v) is 5.25. The van der Waals surface area contributed by atoms with E-state index < -0.39 is 21.8 Å². The fraction of sp³-hybridized carbons (Fsp3) is 0.238. The first-order valence-electron chi connectivity index (χ1n) is 9.18. The van der Waals surface area contributed by atoms with E-state index in [-0.39, 0.29) is 17.1 Å². The second kappa shape index (κ2) is 7.36. The van der Waals surface area contributed by atoms with E-state index in [9.17, 15) is 18.0 Å². The molecule has 4 rings (SSSR count). The van der Waals surface area contributed by atoms with Gasteiger partial charge in [-0.2, -0.15) is 0 Å². The van der Waals surface area contributed by atoms with Crippen molar-refractivity contribution in [2.24, 2.45) is 0 Å². The maximum Gasteiger partial charge on any atom is 0.262 e. The molecule has 2 heterocycles. The maximum absolute atomic E-state index is 13.0. The van der Waals surface area contributed by atoms with Gasteiger partial charge in [0.15, 0.2) is 9.84 Å². The molecule has 0 aliphatic carbocycles. The Morgan fingerprint density at radius 1 is 1.10 bits per heavy atom. The average molecular weight is 412 g/mol. The lowest BCUT2D eigenvalue weighted by atomic mass is 10.1. The van der Waals surface area contributed by atoms with Crippen molar-refractivity contribution in [2.75, 3.05) is 18.6 Å². The van der Waals surface area contributed by atoms with Gasteiger partial charge >= 0.3 is 0 Å². The van der Waals surface area contributed by atoms with Crippen LogP contribution in [0.15, 0.2) is 59.5 Å². The van der Waals surface area contributed by atoms with Crippen LogP contribution in [0.25, 0.3) is 16.5 Å². The largest absolute Gasteiger partial charge is 0.497 e. The summed E-state index contributed by atoms with van der Waals surface area (Å²) in [7, 11) is -1.55. The summed E-state index contributed by atoms with van der Waals surface area (Å²) in [4.78, 5) is 26.0. The summed E-state index contributed by atoms with van der Waals surface area (Å²) in [5.74, 6) is 0.271. The normalized spacial score (nSPS) is 17.9. The van der Waals surface area contributed by atoms with Gasteiger partial charge in [0.1, 0.15) is 5.75 Å². The number of nitrogens with one attached hydrogen (secondary N) is 1. The molecule has 1 aromatic heterocycles. The predicted molar refractivity (Wildman–Crippen MR) is 111 cm³/mol. The van der Waals surface area contributed by atoms with E-state index in [1.165, 1.54) is 10.8 Å². The van der Waals surface area contributed by atoms with Crippen LogP contribution >= 0.6 is 0 Å². The van der Waals surface area contributed by atoms with Gasteiger partial charge in [-0.05, 0) is 36.8 Å². The molecule has 1 fully saturated rings. The van der Waals surface area contributed by atoms with E-state index in [4.69, 9.17) is 4.74 Å². The average Bonchev–Trinajstić information content (AvgIpc) is 3.06. The first kappa shape index (κ1) is 19.2. The number of ether oxygens (including phenoxy) is 1. The quantitative estimate of drug-likeness (QED) is 0.707. The van der Waals surface area contributed by atoms with Gasteiger partial charge in [-0.1, -0.05) is 18.2 Å². The van der Waals surface area contributed by atoms with E-state index in [2.05, 4.69) is 5.32 Å². The van der Waals surface area contributed by atoms with Crippen LogP contribution in [-0.4, -0.2) is 43.5 Å². The van der Waals surface area contributed by atoms with Crippen molar-refractivity contribution >= 4 is 26.5 Å². The summed E-state index contributed by atoms with van der Waals surface area (Å²) in [5.41, 5.74) is 0.671. The summed E-state index contributed by atoms with van der Waals surface area (Å²) < 4.78 is 30.0. The van der Waals surface area contributed by atoms with Crippen LogP contribution in [0.2, 0.25) is 0 Å². The van der Waals surface area contributed by atoms with Crippen LogP contribution in [0, 0.1) is 0 Å². The van der Waals surface area contributed by atoms with Crippen molar-refractivity contribution in [1.29, 1.82) is 0 Å². The molecule has 0 radical (unpaired) electrons. The van der Waals surface area contributed by atoms with Crippen LogP contribution in [0.3, 0.4) is 0 Å². The number of benzene rings is 2. The molecule has 150 valence electrons. The zero-order valence-corrected chi connectivity index (χ0v) is 16.6. The molecule has 1 aliphatic heterocycles. The molecule has 1 aliphatic rings. The van der Waals surface area contributed by atoms with Gasteiger partial charge in [0.2, 0.25) is 0 Å². The van der Waals surface area contributed by atoms with Crippen LogP contribution in [0.1, 0.15) is 16.8 Å². The molecule has 0 unspecified atom stereocenters. The van der Waals surface area contributed by atoms with Crippen LogP contribution < -0.4 is 15.6 Å². The third-order valence-corrected chi connectivity index (χ3v) is 6.86. The van der Waals surface area contributed by atoms with E-state index >= 15 is 0 Å². The van der Waals surface area contributed by atoms with Gasteiger partial charge in [-0.25, -0.2) is 8.42 Å². The second-order valence-electron chi connectivity index (χ2n) is 7.03. The van der Waals surface area contributed by atoms with Gasteiger partial charge in [0, 0.05) is 28.7 Å². The van der Waals surface area contributed by atoms with Gasteiger partial charge in [-0.15, -0.1) is 0 Å². The molecule has 2 aromatic carbocycles. The van der Waals surface area contributed by atoms with Gasteiger partial charge < -0.3 is 10.1 Å². The summed E-state index contributed by atoms with van der Waals surface area (Å²) in [5, 5.41) is 3.75. The number of sulfone groups is 1. The van der Waals surface area contributed by atoms with Crippen molar-refractivity contribution in [3.05, 3.63) is 70.6 Å². The SMILES string of the molecule is COc1ccc(-n2cc(C(=O)N[C@@H]3CCS(=O)(=O)C3)c3ccccc3c2=O)cc1. The molecule has 3 aromatic rings. The molecule has 1 N–H and O–H groups in total. The van der Waals surface area contributed by atoms with Crippen molar-refractivity contribution < 1.29 is 17.9 Å². The van der Waals surface area contributed by atoms with Crippen molar-refractivity contribution in [3.8, 4) is 11.4 Å². The molecular formula is C21H20N2O5S. The second-order valence-corrected chi connectivity index (χ2v) is 9.26. The number of carbonyl (C=O) groups is 1. The smallest absolute Gasteiger partial charge is 0.262 e. The number of aromatic nitrogens is 1. The molecule has 1 amide bonds. The van der Waals surface area contributed by atoms with Crippen LogP contribution in [-0.2, 0) is 9.84 Å². The molecule has 0 spiro atoms. The molecule has 8 heteroatoms. The number of carbonyl (C=O) groups excluding carboxylic acids is 1. The minimum Gasteiger partial charge on any atom is -0.497 e. The number of fused-ring (bicyclic) bond motifs is 1. The minimum atomic E-state index is -3.11. The summed E-state index contributed by atoms with van der Waals surface area (Å²) in [6, 6.07) is 13.4. The Hall–Kier alpha value is -3.13. The highest BCUT2D eigenvalue weighted by Crippen LogP contribution is 2.20. The van der Waals surface area contributed by atoms with Gasteiger partial charge in [-0.3, -0.25) is 14.2 Å². The van der Waals surface area contributed by atoms with Crippen molar-refractivity contribution in [1.82, 2.24) is 9.88 Å². The molecule has 0 bridgehead atoms. The molecular weight excluding hydrogens is 392 g/mol. The lowest BCUT2D eigenvalue weighted by Gasteiger charge is -2.15. The zero-order valence-electron chi connectivity index (χ0n) is 15.8. The third-order valence-electron chi connectivity index (χ3n) is 5.09. The number of amides is 1. The monoisotopic (exact) mass is 412 g/mol. The first-order valence-corrected chi connectivity index (χ1v) is 11.0. The lowest BCUT2D eigenvalue weighted by Crippen LogP contribution is -2.36. The highest BCUT2D eigenvalue weighted by atomic mass is 32.2. The highest BCUT2D eigenvalue weighted by molar-refractivity contribution is 7.91. The maximum atomic E-state index is 13.0. The molecule has 29 heavy (non-hydrogen) atoms. The Morgan fingerprint density at radius 2 is 1.79 bits per heavy atom. The number of hydrogen-bond acceptors (Lipinski definition) is 5. The van der Waals surface area contributed by atoms with Crippen molar-refractivity contribution in [3.63, 3.8) is 0 Å². The Morgan fingerprint density at radius 3 is 2.41 bits per heavy atom. The summed E-state index contributed by atoms with van der Waals surface area (Å²) in [6.45, 7) is 0. The first-order chi connectivity index (χ1) is 13.9. The Bertz CT molecular complexity index is 1250. The Balaban J connectivity index is 1.79. The van der Waals surface area contributed by atoms with E-state index in [0.717, 1.165) is 0 Å². The Kier molecular flexibility index (Phi) is 4.87. The number of methoxy groups -OCH3 is 1. The standard InChI is InChI=1S/C21H20N2O5S/c1-28-16-8-6-15(7-9-16)23-12-19(17-4-2-3-5-18(17)21(23)25)20(24)22-14-10-11-29(26,27)13-14/h2-9,12,14H,10-11,13H2,1H3,(H,22,24)/t14-/m1/s1. The molecule has 7 nitrogen and oxygen atoms in total. The van der Waals surface area contributed by atoms with E-state index in [0.29, 0.717) is 34.2 Å². The molecule has 0 saturated carbocycles. The lowest BCUT2D eigenvalue weighted by molar-refractivity contribution is 0.0942. The Labute approximate surface area is 167 Å². The highest BCUT2D eigenvalue weighted by Gasteiger charge is 2.29. The minimum absolute atomic E-state index is 0.0607. The van der Waals surface area contributed by atoms with E-state index in [1.807, 2.05) is 0 Å². The van der Waals surface area contributed by atoms with Gasteiger partial charge in [0.25, 0.3) is 11.5 Å². The molecule has 1 saturated heterocycles. The fourth-order valence-electron chi connectivity index (χ4n) is 3.58. The summed E-state index contributed by atoms with van der Waals surface area (Å²) >= 11 is 0. The number of hydrogen-bond donors (Lipinski definition) is 1. The van der Waals surface area contributed by atoms with Crippen LogP contribution in [0.4, 0.5) is 0 Å². The predicted octanol–water partition coefficient (Wildman–Crippen LogP) is 1.92. The van der Waals surface area contributed by atoms with E-state index in [1.54, 1.807) is 55.6 Å². The topological polar surface area (TPSA) is 94.5 Å². The summed E-state index contributed by atoms with van der Waals surface area (Å²) in [6.07, 6.45) is 1.90. The van der Waals surface area contributed by atoms with Crippen LogP contribution in [0.5, 0.6) is 5.75 Å². The van der Waals surface area contributed by atoms with Gasteiger partial charge in [0.05, 0.1) is 24.2 Å². The molecule has 1 atom stereocenters. The zero-order chi connectivity index (χ0) is 20.6. The number of pyridine rings is 1. The number of rotatable bonds is 4. The number of nitrogens with zero attached hydrogens (tertiary/aromatic N) is 1.